The van der Waals surface area contributed by atoms with Gasteiger partial charge in [-0.15, -0.1) is 0 Å². The molecule has 0 saturated heterocycles. The molecule has 0 amide bonds. The van der Waals surface area contributed by atoms with Crippen LogP contribution in [0.3, 0.4) is 0 Å². The van der Waals surface area contributed by atoms with Crippen molar-refractivity contribution in [2.75, 3.05) is 0 Å². The summed E-state index contributed by atoms with van der Waals surface area (Å²) >= 11 is 0. The highest BCUT2D eigenvalue weighted by Gasteiger charge is 2.26. The fraction of sp³-hybridized carbons (Fsp3) is 0.812. The van der Waals surface area contributed by atoms with E-state index in [2.05, 4.69) is 66.2 Å². The van der Waals surface area contributed by atoms with Crippen molar-refractivity contribution in [1.29, 1.82) is 0 Å². The number of nitrogens with zero attached hydrogens (tertiary/aromatic N) is 2. The second-order valence-corrected chi connectivity index (χ2v) is 6.76. The van der Waals surface area contributed by atoms with Gasteiger partial charge in [0.05, 0.1) is 5.69 Å². The molecule has 0 aliphatic heterocycles. The summed E-state index contributed by atoms with van der Waals surface area (Å²) in [4.78, 5) is 4.96. The van der Waals surface area contributed by atoms with E-state index in [1.807, 2.05) is 0 Å². The van der Waals surface area contributed by atoms with E-state index in [-0.39, 0.29) is 5.41 Å². The van der Waals surface area contributed by atoms with E-state index in [0.29, 0.717) is 17.9 Å². The predicted molar refractivity (Wildman–Crippen MR) is 79.2 cm³/mol. The molecule has 0 radical (unpaired) electrons. The van der Waals surface area contributed by atoms with Crippen molar-refractivity contribution < 1.29 is 0 Å². The van der Waals surface area contributed by atoms with E-state index < -0.39 is 0 Å². The van der Waals surface area contributed by atoms with Crippen molar-refractivity contribution in [2.24, 2.45) is 5.92 Å². The van der Waals surface area contributed by atoms with Crippen LogP contribution in [0.4, 0.5) is 0 Å². The normalized spacial score (nSPS) is 14.6. The molecule has 0 spiro atoms. The lowest BCUT2D eigenvalue weighted by Crippen LogP contribution is -2.16. The minimum atomic E-state index is 0.172. The molecule has 18 heavy (non-hydrogen) atoms. The third-order valence-corrected chi connectivity index (χ3v) is 4.30. The summed E-state index contributed by atoms with van der Waals surface area (Å²) < 4.78 is 2.36. The van der Waals surface area contributed by atoms with Crippen molar-refractivity contribution in [2.45, 2.75) is 79.2 Å². The van der Waals surface area contributed by atoms with Crippen LogP contribution in [0.2, 0.25) is 0 Å². The molecule has 1 rings (SSSR count). The van der Waals surface area contributed by atoms with Gasteiger partial charge in [-0.3, -0.25) is 0 Å². The number of aromatic nitrogens is 2. The maximum atomic E-state index is 4.96. The van der Waals surface area contributed by atoms with Gasteiger partial charge in [0, 0.05) is 23.6 Å². The van der Waals surface area contributed by atoms with Crippen LogP contribution in [-0.2, 0) is 5.41 Å². The zero-order valence-electron chi connectivity index (χ0n) is 13.4. The van der Waals surface area contributed by atoms with E-state index in [9.17, 15) is 0 Å². The zero-order chi connectivity index (χ0) is 14.1. The average Bonchev–Trinajstić information content (AvgIpc) is 2.73. The van der Waals surface area contributed by atoms with E-state index in [4.69, 9.17) is 4.98 Å². The SMILES string of the molecule is CCC(C)(C)c1cn(C(C)C)c(C(C)C(C)C)n1. The molecule has 0 saturated carbocycles. The Morgan fingerprint density at radius 3 is 2.11 bits per heavy atom. The Morgan fingerprint density at radius 1 is 1.17 bits per heavy atom. The third-order valence-electron chi connectivity index (χ3n) is 4.30. The summed E-state index contributed by atoms with van der Waals surface area (Å²) in [5.41, 5.74) is 1.41. The van der Waals surface area contributed by atoms with E-state index in [1.165, 1.54) is 11.5 Å². The first kappa shape index (κ1) is 15.3. The molecule has 1 aromatic rings. The fourth-order valence-corrected chi connectivity index (χ4v) is 1.96. The first-order chi connectivity index (χ1) is 8.20. The standard InChI is InChI=1S/C16H30N2/c1-9-16(7,8)14-10-18(12(4)5)15(17-14)13(6)11(2)3/h10-13H,9H2,1-8H3. The first-order valence-corrected chi connectivity index (χ1v) is 7.30. The molecule has 1 heterocycles. The van der Waals surface area contributed by atoms with Gasteiger partial charge in [0.1, 0.15) is 5.82 Å². The summed E-state index contributed by atoms with van der Waals surface area (Å²) in [7, 11) is 0. The molecule has 1 aromatic heterocycles. The topological polar surface area (TPSA) is 17.8 Å². The molecule has 0 aliphatic carbocycles. The van der Waals surface area contributed by atoms with Crippen molar-refractivity contribution in [1.82, 2.24) is 9.55 Å². The van der Waals surface area contributed by atoms with Crippen LogP contribution in [0, 0.1) is 5.92 Å². The number of hydrogen-bond acceptors (Lipinski definition) is 1. The minimum absolute atomic E-state index is 0.172. The molecule has 104 valence electrons. The van der Waals surface area contributed by atoms with Crippen molar-refractivity contribution in [3.05, 3.63) is 17.7 Å². The molecule has 2 nitrogen and oxygen atoms in total. The molecule has 0 fully saturated rings. The summed E-state index contributed by atoms with van der Waals surface area (Å²) in [6.45, 7) is 18.1. The highest BCUT2D eigenvalue weighted by atomic mass is 15.1. The quantitative estimate of drug-likeness (QED) is 0.726. The second-order valence-electron chi connectivity index (χ2n) is 6.76. The Labute approximate surface area is 113 Å². The molecule has 0 N–H and O–H groups in total. The number of imidazole rings is 1. The first-order valence-electron chi connectivity index (χ1n) is 7.30. The van der Waals surface area contributed by atoms with Gasteiger partial charge in [-0.25, -0.2) is 4.98 Å². The Morgan fingerprint density at radius 2 is 1.72 bits per heavy atom. The molecule has 0 aliphatic rings. The summed E-state index contributed by atoms with van der Waals surface area (Å²) in [5.74, 6) is 2.38. The number of hydrogen-bond donors (Lipinski definition) is 0. The molecular weight excluding hydrogens is 220 g/mol. The van der Waals surface area contributed by atoms with Crippen LogP contribution in [0.5, 0.6) is 0 Å². The largest absolute Gasteiger partial charge is 0.332 e. The van der Waals surface area contributed by atoms with Gasteiger partial charge >= 0.3 is 0 Å². The second kappa shape index (κ2) is 5.46. The summed E-state index contributed by atoms with van der Waals surface area (Å²) in [6, 6.07) is 0.482. The molecule has 1 atom stereocenters. The van der Waals surface area contributed by atoms with Crippen molar-refractivity contribution in [3.8, 4) is 0 Å². The Balaban J connectivity index is 3.25. The third kappa shape index (κ3) is 2.96. The minimum Gasteiger partial charge on any atom is -0.332 e. The van der Waals surface area contributed by atoms with Gasteiger partial charge in [-0.05, 0) is 26.2 Å². The van der Waals surface area contributed by atoms with E-state index in [1.54, 1.807) is 0 Å². The Kier molecular flexibility index (Phi) is 4.63. The van der Waals surface area contributed by atoms with Crippen LogP contribution < -0.4 is 0 Å². The van der Waals surface area contributed by atoms with Gasteiger partial charge in [0.2, 0.25) is 0 Å². The van der Waals surface area contributed by atoms with Crippen LogP contribution >= 0.6 is 0 Å². The van der Waals surface area contributed by atoms with E-state index in [0.717, 1.165) is 6.42 Å². The highest BCUT2D eigenvalue weighted by molar-refractivity contribution is 5.17. The molecule has 0 aromatic carbocycles. The average molecular weight is 250 g/mol. The lowest BCUT2D eigenvalue weighted by Gasteiger charge is -2.19. The van der Waals surface area contributed by atoms with E-state index >= 15 is 0 Å². The fourth-order valence-electron chi connectivity index (χ4n) is 1.96. The van der Waals surface area contributed by atoms with Gasteiger partial charge in [0.25, 0.3) is 0 Å². The van der Waals surface area contributed by atoms with Crippen LogP contribution in [-0.4, -0.2) is 9.55 Å². The lowest BCUT2D eigenvalue weighted by molar-refractivity contribution is 0.461. The van der Waals surface area contributed by atoms with Gasteiger partial charge in [-0.2, -0.15) is 0 Å². The van der Waals surface area contributed by atoms with Crippen molar-refractivity contribution >= 4 is 0 Å². The summed E-state index contributed by atoms with van der Waals surface area (Å²) in [5, 5.41) is 0. The van der Waals surface area contributed by atoms with Gasteiger partial charge in [-0.1, -0.05) is 41.5 Å². The number of rotatable bonds is 5. The smallest absolute Gasteiger partial charge is 0.112 e. The van der Waals surface area contributed by atoms with Crippen LogP contribution in [0.15, 0.2) is 6.20 Å². The molecule has 0 bridgehead atoms. The monoisotopic (exact) mass is 250 g/mol. The predicted octanol–water partition coefficient (Wildman–Crippen LogP) is 4.91. The maximum Gasteiger partial charge on any atom is 0.112 e. The van der Waals surface area contributed by atoms with Crippen molar-refractivity contribution in [3.63, 3.8) is 0 Å². The van der Waals surface area contributed by atoms with Crippen LogP contribution in [0.25, 0.3) is 0 Å². The van der Waals surface area contributed by atoms with Gasteiger partial charge in [0.15, 0.2) is 0 Å². The Bertz CT molecular complexity index is 386. The lowest BCUT2D eigenvalue weighted by atomic mass is 9.87. The highest BCUT2D eigenvalue weighted by Crippen LogP contribution is 2.31. The zero-order valence-corrected chi connectivity index (χ0v) is 13.4. The molecule has 1 unspecified atom stereocenters. The molecular formula is C16H30N2. The summed E-state index contributed by atoms with van der Waals surface area (Å²) in [6.07, 6.45) is 3.39. The maximum absolute atomic E-state index is 4.96. The van der Waals surface area contributed by atoms with Crippen LogP contribution in [0.1, 0.15) is 85.3 Å². The van der Waals surface area contributed by atoms with Gasteiger partial charge < -0.3 is 4.57 Å². The molecule has 2 heteroatoms. The Hall–Kier alpha value is -0.790.